The molecule has 1 atom stereocenters. The number of carbonyl (C=O) groups is 1. The van der Waals surface area contributed by atoms with Crippen LogP contribution in [-0.4, -0.2) is 23.8 Å². The van der Waals surface area contributed by atoms with Gasteiger partial charge in [0.05, 0.1) is 12.6 Å². The molecule has 16 heavy (non-hydrogen) atoms. The third kappa shape index (κ3) is 3.58. The lowest BCUT2D eigenvalue weighted by atomic mass is 10.2. The summed E-state index contributed by atoms with van der Waals surface area (Å²) in [7, 11) is 0. The third-order valence-corrected chi connectivity index (χ3v) is 1.87. The molecule has 0 aliphatic carbocycles. The van der Waals surface area contributed by atoms with Crippen molar-refractivity contribution < 1.29 is 27.5 Å². The van der Waals surface area contributed by atoms with Crippen LogP contribution in [0.5, 0.6) is 0 Å². The summed E-state index contributed by atoms with van der Waals surface area (Å²) in [6.07, 6.45) is -4.31. The molecule has 1 aromatic rings. The second kappa shape index (κ2) is 4.56. The fraction of sp³-hybridized carbons (Fsp3) is 0.444. The summed E-state index contributed by atoms with van der Waals surface area (Å²) in [4.78, 5) is 10.5. The van der Waals surface area contributed by atoms with E-state index in [-0.39, 0.29) is 11.5 Å². The molecule has 1 unspecified atom stereocenters. The molecule has 4 nitrogen and oxygen atoms in total. The normalized spacial score (nSPS) is 13.8. The van der Waals surface area contributed by atoms with Crippen molar-refractivity contribution >= 4 is 5.97 Å². The first kappa shape index (κ1) is 12.6. The highest BCUT2D eigenvalue weighted by molar-refractivity contribution is 5.84. The Bertz CT molecular complexity index is 372. The zero-order chi connectivity index (χ0) is 12.3. The molecule has 1 rings (SSSR count). The van der Waals surface area contributed by atoms with E-state index in [0.717, 1.165) is 0 Å². The topological polar surface area (TPSA) is 62.5 Å². The predicted molar refractivity (Wildman–Crippen MR) is 48.1 cm³/mol. The summed E-state index contributed by atoms with van der Waals surface area (Å²) < 4.78 is 40.5. The van der Waals surface area contributed by atoms with E-state index >= 15 is 0 Å². The largest absolute Gasteiger partial charge is 0.475 e. The average molecular weight is 237 g/mol. The number of furan rings is 1. The fourth-order valence-electron chi connectivity index (χ4n) is 1.07. The number of rotatable bonds is 4. The van der Waals surface area contributed by atoms with E-state index in [0.29, 0.717) is 0 Å². The van der Waals surface area contributed by atoms with Crippen LogP contribution in [0.4, 0.5) is 13.2 Å². The molecular weight excluding hydrogens is 227 g/mol. The first-order chi connectivity index (χ1) is 7.29. The maximum Gasteiger partial charge on any atom is 0.401 e. The summed E-state index contributed by atoms with van der Waals surface area (Å²) in [5.74, 6) is -1.40. The number of hydrogen-bond donors (Lipinski definition) is 2. The van der Waals surface area contributed by atoms with Crippen molar-refractivity contribution in [3.8, 4) is 0 Å². The summed E-state index contributed by atoms with van der Waals surface area (Å²) in [5.41, 5.74) is 0. The highest BCUT2D eigenvalue weighted by atomic mass is 19.4. The van der Waals surface area contributed by atoms with Crippen LogP contribution in [0.1, 0.15) is 29.3 Å². The van der Waals surface area contributed by atoms with Gasteiger partial charge >= 0.3 is 12.1 Å². The van der Waals surface area contributed by atoms with Crippen molar-refractivity contribution in [1.29, 1.82) is 0 Å². The molecule has 0 saturated heterocycles. The summed E-state index contributed by atoms with van der Waals surface area (Å²) in [5, 5.41) is 10.7. The molecule has 0 aliphatic heterocycles. The molecule has 90 valence electrons. The highest BCUT2D eigenvalue weighted by Gasteiger charge is 2.28. The Hall–Kier alpha value is -1.50. The van der Waals surface area contributed by atoms with Gasteiger partial charge in [-0.2, -0.15) is 13.2 Å². The zero-order valence-electron chi connectivity index (χ0n) is 8.34. The van der Waals surface area contributed by atoms with E-state index in [2.05, 4.69) is 5.32 Å². The summed E-state index contributed by atoms with van der Waals surface area (Å²) >= 11 is 0. The number of carboxylic acid groups (broad SMARTS) is 1. The Morgan fingerprint density at radius 2 is 2.19 bits per heavy atom. The Kier molecular flexibility index (Phi) is 3.58. The van der Waals surface area contributed by atoms with E-state index in [4.69, 9.17) is 9.52 Å². The smallest absolute Gasteiger partial charge is 0.401 e. The number of halogens is 3. The number of aromatic carboxylic acids is 1. The van der Waals surface area contributed by atoms with Crippen LogP contribution in [0, 0.1) is 0 Å². The van der Waals surface area contributed by atoms with Crippen LogP contribution in [0.15, 0.2) is 16.5 Å². The number of carboxylic acids is 1. The molecule has 0 amide bonds. The Morgan fingerprint density at radius 3 is 2.62 bits per heavy atom. The van der Waals surface area contributed by atoms with E-state index in [1.165, 1.54) is 19.1 Å². The van der Waals surface area contributed by atoms with Gasteiger partial charge in [-0.05, 0) is 19.1 Å². The van der Waals surface area contributed by atoms with Gasteiger partial charge in [0.25, 0.3) is 0 Å². The highest BCUT2D eigenvalue weighted by Crippen LogP contribution is 2.19. The molecular formula is C9H10F3NO3. The van der Waals surface area contributed by atoms with E-state index in [1.807, 2.05) is 0 Å². The van der Waals surface area contributed by atoms with Crippen molar-refractivity contribution in [1.82, 2.24) is 5.32 Å². The molecule has 1 aromatic heterocycles. The number of nitrogens with one attached hydrogen (secondary N) is 1. The van der Waals surface area contributed by atoms with Gasteiger partial charge in [0.1, 0.15) is 5.76 Å². The van der Waals surface area contributed by atoms with Crippen LogP contribution in [-0.2, 0) is 0 Å². The van der Waals surface area contributed by atoms with Gasteiger partial charge in [0.15, 0.2) is 0 Å². The van der Waals surface area contributed by atoms with Gasteiger partial charge in [-0.15, -0.1) is 0 Å². The van der Waals surface area contributed by atoms with Crippen molar-refractivity contribution in [2.24, 2.45) is 0 Å². The van der Waals surface area contributed by atoms with Crippen LogP contribution in [0.2, 0.25) is 0 Å². The molecule has 0 aliphatic rings. The van der Waals surface area contributed by atoms with Crippen molar-refractivity contribution in [2.45, 2.75) is 19.1 Å². The maximum absolute atomic E-state index is 11.9. The lowest BCUT2D eigenvalue weighted by Crippen LogP contribution is -2.30. The summed E-state index contributed by atoms with van der Waals surface area (Å²) in [6.45, 7) is 0.299. The zero-order valence-corrected chi connectivity index (χ0v) is 8.34. The lowest BCUT2D eigenvalue weighted by Gasteiger charge is -2.12. The fourth-order valence-corrected chi connectivity index (χ4v) is 1.07. The molecule has 0 spiro atoms. The predicted octanol–water partition coefficient (Wildman–Crippen LogP) is 2.19. The van der Waals surface area contributed by atoms with E-state index in [9.17, 15) is 18.0 Å². The van der Waals surface area contributed by atoms with Crippen LogP contribution < -0.4 is 5.32 Å². The van der Waals surface area contributed by atoms with E-state index in [1.54, 1.807) is 0 Å². The van der Waals surface area contributed by atoms with Gasteiger partial charge < -0.3 is 9.52 Å². The minimum Gasteiger partial charge on any atom is -0.475 e. The van der Waals surface area contributed by atoms with Gasteiger partial charge in [0, 0.05) is 0 Å². The minimum atomic E-state index is -4.31. The number of hydrogen-bond acceptors (Lipinski definition) is 3. The second-order valence-corrected chi connectivity index (χ2v) is 3.22. The monoisotopic (exact) mass is 237 g/mol. The molecule has 2 N–H and O–H groups in total. The second-order valence-electron chi connectivity index (χ2n) is 3.22. The summed E-state index contributed by atoms with van der Waals surface area (Å²) in [6, 6.07) is 1.83. The SMILES string of the molecule is CC(NCC(F)(F)F)c1ccc(C(=O)O)o1. The average Bonchev–Trinajstić information content (AvgIpc) is 2.61. The minimum absolute atomic E-state index is 0.154. The Morgan fingerprint density at radius 1 is 1.56 bits per heavy atom. The molecule has 0 bridgehead atoms. The Labute approximate surface area is 89.1 Å². The number of alkyl halides is 3. The molecule has 0 saturated carbocycles. The van der Waals surface area contributed by atoms with Crippen molar-refractivity contribution in [2.75, 3.05) is 6.54 Å². The maximum atomic E-state index is 11.9. The van der Waals surface area contributed by atoms with Crippen LogP contribution >= 0.6 is 0 Å². The van der Waals surface area contributed by atoms with Crippen molar-refractivity contribution in [3.05, 3.63) is 23.7 Å². The van der Waals surface area contributed by atoms with Gasteiger partial charge in [0.2, 0.25) is 5.76 Å². The Balaban J connectivity index is 2.59. The molecule has 0 fully saturated rings. The van der Waals surface area contributed by atoms with Gasteiger partial charge in [-0.3, -0.25) is 5.32 Å². The van der Waals surface area contributed by atoms with Gasteiger partial charge in [-0.25, -0.2) is 4.79 Å². The first-order valence-corrected chi connectivity index (χ1v) is 4.43. The molecule has 7 heteroatoms. The molecule has 0 aromatic carbocycles. The lowest BCUT2D eigenvalue weighted by molar-refractivity contribution is -0.126. The van der Waals surface area contributed by atoms with Gasteiger partial charge in [-0.1, -0.05) is 0 Å². The molecule has 0 radical (unpaired) electrons. The van der Waals surface area contributed by atoms with Crippen LogP contribution in [0.3, 0.4) is 0 Å². The standard InChI is InChI=1S/C9H10F3NO3/c1-5(13-4-9(10,11)12)6-2-3-7(16-6)8(14)15/h2-3,5,13H,4H2,1H3,(H,14,15). The van der Waals surface area contributed by atoms with E-state index < -0.39 is 24.7 Å². The molecule has 1 heterocycles. The van der Waals surface area contributed by atoms with Crippen LogP contribution in [0.25, 0.3) is 0 Å². The quantitative estimate of drug-likeness (QED) is 0.842. The third-order valence-electron chi connectivity index (χ3n) is 1.87. The first-order valence-electron chi connectivity index (χ1n) is 4.43. The van der Waals surface area contributed by atoms with Crippen molar-refractivity contribution in [3.63, 3.8) is 0 Å².